The van der Waals surface area contributed by atoms with E-state index >= 15 is 0 Å². The van der Waals surface area contributed by atoms with Crippen molar-refractivity contribution < 1.29 is 0 Å². The van der Waals surface area contributed by atoms with Crippen LogP contribution in [0.3, 0.4) is 0 Å². The van der Waals surface area contributed by atoms with Crippen LogP contribution >= 0.6 is 11.6 Å². The molecule has 0 aliphatic carbocycles. The Hall–Kier alpha value is -1.54. The van der Waals surface area contributed by atoms with Crippen LogP contribution in [0.1, 0.15) is 18.1 Å². The number of hydrogen-bond acceptors (Lipinski definition) is 2. The first-order chi connectivity index (χ1) is 8.69. The van der Waals surface area contributed by atoms with E-state index in [1.807, 2.05) is 12.1 Å². The zero-order chi connectivity index (χ0) is 13.0. The maximum absolute atomic E-state index is 5.91. The van der Waals surface area contributed by atoms with Gasteiger partial charge in [-0.25, -0.2) is 4.98 Å². The molecule has 0 unspecified atom stereocenters. The molecule has 0 fully saturated rings. The van der Waals surface area contributed by atoms with Gasteiger partial charge in [-0.15, -0.1) is 0 Å². The van der Waals surface area contributed by atoms with Crippen LogP contribution in [-0.2, 0) is 6.54 Å². The normalized spacial score (nSPS) is 10.4. The molecule has 0 amide bonds. The Labute approximate surface area is 113 Å². The van der Waals surface area contributed by atoms with Gasteiger partial charge in [0.15, 0.2) is 0 Å². The zero-order valence-corrected chi connectivity index (χ0v) is 11.5. The number of rotatable bonds is 4. The SMILES string of the molecule is CCN(Cc1ccnc(Cl)c1)c1ccc(C)cc1. The summed E-state index contributed by atoms with van der Waals surface area (Å²) in [6.07, 6.45) is 1.75. The Morgan fingerprint density at radius 3 is 2.50 bits per heavy atom. The fraction of sp³-hybridized carbons (Fsp3) is 0.267. The van der Waals surface area contributed by atoms with E-state index in [1.165, 1.54) is 16.8 Å². The summed E-state index contributed by atoms with van der Waals surface area (Å²) >= 11 is 5.91. The number of anilines is 1. The summed E-state index contributed by atoms with van der Waals surface area (Å²) in [5, 5.41) is 0.549. The van der Waals surface area contributed by atoms with Crippen LogP contribution in [0.2, 0.25) is 5.15 Å². The number of hydrogen-bond donors (Lipinski definition) is 0. The van der Waals surface area contributed by atoms with Gasteiger partial charge in [-0.1, -0.05) is 29.3 Å². The highest BCUT2D eigenvalue weighted by Gasteiger charge is 2.05. The van der Waals surface area contributed by atoms with E-state index in [0.29, 0.717) is 5.15 Å². The fourth-order valence-corrected chi connectivity index (χ4v) is 2.10. The molecule has 0 saturated heterocycles. The lowest BCUT2D eigenvalue weighted by Crippen LogP contribution is -2.21. The number of benzene rings is 1. The molecule has 2 rings (SSSR count). The van der Waals surface area contributed by atoms with E-state index in [0.717, 1.165) is 13.1 Å². The second-order valence-electron chi connectivity index (χ2n) is 4.34. The van der Waals surface area contributed by atoms with Gasteiger partial charge in [-0.05, 0) is 43.7 Å². The molecule has 2 nitrogen and oxygen atoms in total. The summed E-state index contributed by atoms with van der Waals surface area (Å²) in [7, 11) is 0. The van der Waals surface area contributed by atoms with Crippen LogP contribution in [0.15, 0.2) is 42.6 Å². The molecular formula is C15H17ClN2. The molecule has 0 bridgehead atoms. The summed E-state index contributed by atoms with van der Waals surface area (Å²) < 4.78 is 0. The summed E-state index contributed by atoms with van der Waals surface area (Å²) in [5.74, 6) is 0. The lowest BCUT2D eigenvalue weighted by atomic mass is 10.2. The van der Waals surface area contributed by atoms with Crippen LogP contribution in [0.4, 0.5) is 5.69 Å². The van der Waals surface area contributed by atoms with E-state index in [4.69, 9.17) is 11.6 Å². The average molecular weight is 261 g/mol. The van der Waals surface area contributed by atoms with Gasteiger partial charge in [0.1, 0.15) is 5.15 Å². The molecule has 3 heteroatoms. The van der Waals surface area contributed by atoms with Gasteiger partial charge >= 0.3 is 0 Å². The number of nitrogens with zero attached hydrogens (tertiary/aromatic N) is 2. The Kier molecular flexibility index (Phi) is 4.21. The van der Waals surface area contributed by atoms with Crippen LogP contribution in [0.5, 0.6) is 0 Å². The summed E-state index contributed by atoms with van der Waals surface area (Å²) in [5.41, 5.74) is 3.69. The highest BCUT2D eigenvalue weighted by atomic mass is 35.5. The molecule has 1 heterocycles. The molecule has 94 valence electrons. The van der Waals surface area contributed by atoms with Crippen LogP contribution in [0.25, 0.3) is 0 Å². The van der Waals surface area contributed by atoms with Crippen molar-refractivity contribution in [3.8, 4) is 0 Å². The first-order valence-electron chi connectivity index (χ1n) is 6.11. The molecule has 0 N–H and O–H groups in total. The maximum Gasteiger partial charge on any atom is 0.129 e. The number of aryl methyl sites for hydroxylation is 1. The number of halogens is 1. The second kappa shape index (κ2) is 5.87. The molecule has 0 saturated carbocycles. The van der Waals surface area contributed by atoms with Crippen molar-refractivity contribution in [2.45, 2.75) is 20.4 Å². The lowest BCUT2D eigenvalue weighted by Gasteiger charge is -2.23. The summed E-state index contributed by atoms with van der Waals surface area (Å²) in [6, 6.07) is 12.5. The van der Waals surface area contributed by atoms with E-state index < -0.39 is 0 Å². The zero-order valence-electron chi connectivity index (χ0n) is 10.7. The summed E-state index contributed by atoms with van der Waals surface area (Å²) in [6.45, 7) is 6.07. The van der Waals surface area contributed by atoms with Crippen molar-refractivity contribution >= 4 is 17.3 Å². The van der Waals surface area contributed by atoms with E-state index in [9.17, 15) is 0 Å². The average Bonchev–Trinajstić information content (AvgIpc) is 2.37. The van der Waals surface area contributed by atoms with Gasteiger partial charge in [0.05, 0.1) is 0 Å². The van der Waals surface area contributed by atoms with Crippen molar-refractivity contribution in [2.24, 2.45) is 0 Å². The van der Waals surface area contributed by atoms with Crippen LogP contribution in [-0.4, -0.2) is 11.5 Å². The van der Waals surface area contributed by atoms with E-state index in [-0.39, 0.29) is 0 Å². The Balaban J connectivity index is 2.17. The maximum atomic E-state index is 5.91. The van der Waals surface area contributed by atoms with Crippen LogP contribution in [0, 0.1) is 6.92 Å². The second-order valence-corrected chi connectivity index (χ2v) is 4.72. The van der Waals surface area contributed by atoms with Crippen molar-refractivity contribution in [3.05, 3.63) is 58.9 Å². The third kappa shape index (κ3) is 3.23. The molecule has 0 radical (unpaired) electrons. The molecule has 1 aromatic carbocycles. The molecule has 2 aromatic rings. The van der Waals surface area contributed by atoms with Gasteiger partial charge in [0.2, 0.25) is 0 Å². The topological polar surface area (TPSA) is 16.1 Å². The van der Waals surface area contributed by atoms with Crippen molar-refractivity contribution in [1.82, 2.24) is 4.98 Å². The van der Waals surface area contributed by atoms with Crippen LogP contribution < -0.4 is 4.90 Å². The minimum Gasteiger partial charge on any atom is -0.367 e. The van der Waals surface area contributed by atoms with Gasteiger partial charge in [0, 0.05) is 25.0 Å². The monoisotopic (exact) mass is 260 g/mol. The molecule has 0 spiro atoms. The molecule has 1 aromatic heterocycles. The number of pyridine rings is 1. The molecule has 0 aliphatic rings. The third-order valence-electron chi connectivity index (χ3n) is 2.95. The first kappa shape index (κ1) is 12.9. The Morgan fingerprint density at radius 2 is 1.89 bits per heavy atom. The summed E-state index contributed by atoms with van der Waals surface area (Å²) in [4.78, 5) is 6.31. The van der Waals surface area contributed by atoms with Gasteiger partial charge in [-0.3, -0.25) is 0 Å². The molecule has 0 aliphatic heterocycles. The molecular weight excluding hydrogens is 244 g/mol. The van der Waals surface area contributed by atoms with E-state index in [2.05, 4.69) is 48.0 Å². The largest absolute Gasteiger partial charge is 0.367 e. The van der Waals surface area contributed by atoms with Gasteiger partial charge < -0.3 is 4.90 Å². The van der Waals surface area contributed by atoms with Crippen molar-refractivity contribution in [2.75, 3.05) is 11.4 Å². The third-order valence-corrected chi connectivity index (χ3v) is 3.15. The minimum atomic E-state index is 0.549. The van der Waals surface area contributed by atoms with Gasteiger partial charge in [-0.2, -0.15) is 0 Å². The lowest BCUT2D eigenvalue weighted by molar-refractivity contribution is 0.830. The Bertz CT molecular complexity index is 508. The predicted octanol–water partition coefficient (Wildman–Crippen LogP) is 4.07. The predicted molar refractivity (Wildman–Crippen MR) is 77.2 cm³/mol. The highest BCUT2D eigenvalue weighted by Crippen LogP contribution is 2.18. The highest BCUT2D eigenvalue weighted by molar-refractivity contribution is 6.29. The fourth-order valence-electron chi connectivity index (χ4n) is 1.90. The van der Waals surface area contributed by atoms with Crippen molar-refractivity contribution in [3.63, 3.8) is 0 Å². The standard InChI is InChI=1S/C15H17ClN2/c1-3-18(14-6-4-12(2)5-7-14)11-13-8-9-17-15(16)10-13/h4-10H,3,11H2,1-2H3. The minimum absolute atomic E-state index is 0.549. The molecule has 0 atom stereocenters. The van der Waals surface area contributed by atoms with Crippen molar-refractivity contribution in [1.29, 1.82) is 0 Å². The van der Waals surface area contributed by atoms with Gasteiger partial charge in [0.25, 0.3) is 0 Å². The van der Waals surface area contributed by atoms with E-state index in [1.54, 1.807) is 6.20 Å². The molecule has 18 heavy (non-hydrogen) atoms. The first-order valence-corrected chi connectivity index (χ1v) is 6.49. The smallest absolute Gasteiger partial charge is 0.129 e. The number of aromatic nitrogens is 1. The Morgan fingerprint density at radius 1 is 1.17 bits per heavy atom. The quantitative estimate of drug-likeness (QED) is 0.771.